The summed E-state index contributed by atoms with van der Waals surface area (Å²) in [6.45, 7) is 3.67. The first kappa shape index (κ1) is 15.3. The molecule has 0 N–H and O–H groups in total. The van der Waals surface area contributed by atoms with E-state index < -0.39 is 6.36 Å². The Morgan fingerprint density at radius 3 is 2.65 bits per heavy atom. The minimum absolute atomic E-state index is 0.252. The van der Waals surface area contributed by atoms with Crippen LogP contribution >= 0.6 is 0 Å². The maximum Gasteiger partial charge on any atom is 0.573 e. The van der Waals surface area contributed by atoms with E-state index in [1.165, 1.54) is 12.1 Å². The molecule has 120 valence electrons. The van der Waals surface area contributed by atoms with Gasteiger partial charge in [-0.05, 0) is 30.7 Å². The number of hydrogen-bond acceptors (Lipinski definition) is 4. The molecule has 3 aromatic rings. The van der Waals surface area contributed by atoms with Crippen molar-refractivity contribution in [1.29, 1.82) is 0 Å². The largest absolute Gasteiger partial charge is 0.573 e. The van der Waals surface area contributed by atoms with Gasteiger partial charge in [0.25, 0.3) is 0 Å². The Balaban J connectivity index is 2.01. The van der Waals surface area contributed by atoms with Gasteiger partial charge in [-0.2, -0.15) is 0 Å². The fourth-order valence-corrected chi connectivity index (χ4v) is 2.35. The van der Waals surface area contributed by atoms with Crippen LogP contribution in [0.15, 0.2) is 30.6 Å². The van der Waals surface area contributed by atoms with Crippen LogP contribution in [0.3, 0.4) is 0 Å². The Morgan fingerprint density at radius 1 is 1.22 bits per heavy atom. The maximum atomic E-state index is 12.3. The standard InChI is InChI=1S/C15H13F3N4O/c1-3-13-20-21-14-7-19-12(8-22(13)14)11-5-4-10(6-9(11)2)23-15(16,17)18/h4-8H,3H2,1-2H3. The molecular weight excluding hydrogens is 309 g/mol. The summed E-state index contributed by atoms with van der Waals surface area (Å²) in [6.07, 6.45) is -0.632. The smallest absolute Gasteiger partial charge is 0.406 e. The van der Waals surface area contributed by atoms with Gasteiger partial charge in [-0.25, -0.2) is 0 Å². The molecule has 23 heavy (non-hydrogen) atoms. The second-order valence-corrected chi connectivity index (χ2v) is 5.00. The molecule has 2 heterocycles. The number of rotatable bonds is 3. The maximum absolute atomic E-state index is 12.3. The number of fused-ring (bicyclic) bond motifs is 1. The third-order valence-electron chi connectivity index (χ3n) is 3.39. The van der Waals surface area contributed by atoms with Gasteiger partial charge in [0.15, 0.2) is 5.65 Å². The third kappa shape index (κ3) is 3.10. The Labute approximate surface area is 129 Å². The summed E-state index contributed by atoms with van der Waals surface area (Å²) in [4.78, 5) is 4.30. The van der Waals surface area contributed by atoms with E-state index in [1.807, 2.05) is 11.3 Å². The number of halogens is 3. The van der Waals surface area contributed by atoms with E-state index in [4.69, 9.17) is 0 Å². The van der Waals surface area contributed by atoms with Crippen LogP contribution in [0.5, 0.6) is 5.75 Å². The molecule has 0 saturated carbocycles. The van der Waals surface area contributed by atoms with E-state index >= 15 is 0 Å². The predicted octanol–water partition coefficient (Wildman–Crippen LogP) is 3.56. The van der Waals surface area contributed by atoms with E-state index in [9.17, 15) is 13.2 Å². The highest BCUT2D eigenvalue weighted by Gasteiger charge is 2.31. The SMILES string of the molecule is CCc1nnc2cnc(-c3ccc(OC(F)(F)F)cc3C)cn12. The number of benzene rings is 1. The number of alkyl halides is 3. The summed E-state index contributed by atoms with van der Waals surface area (Å²) in [7, 11) is 0. The Hall–Kier alpha value is -2.64. The quantitative estimate of drug-likeness (QED) is 0.740. The molecule has 3 rings (SSSR count). The number of aromatic nitrogens is 4. The Bertz CT molecular complexity index is 858. The van der Waals surface area contributed by atoms with Crippen LogP contribution < -0.4 is 4.74 Å². The number of aryl methyl sites for hydroxylation is 2. The van der Waals surface area contributed by atoms with Crippen LogP contribution in [-0.4, -0.2) is 25.9 Å². The highest BCUT2D eigenvalue weighted by Crippen LogP contribution is 2.29. The van der Waals surface area contributed by atoms with Crippen LogP contribution in [-0.2, 0) is 6.42 Å². The third-order valence-corrected chi connectivity index (χ3v) is 3.39. The van der Waals surface area contributed by atoms with Crippen LogP contribution in [0, 0.1) is 6.92 Å². The Kier molecular flexibility index (Phi) is 3.67. The van der Waals surface area contributed by atoms with Crippen LogP contribution in [0.1, 0.15) is 18.3 Å². The second-order valence-electron chi connectivity index (χ2n) is 5.00. The lowest BCUT2D eigenvalue weighted by atomic mass is 10.1. The van der Waals surface area contributed by atoms with Crippen molar-refractivity contribution in [2.24, 2.45) is 0 Å². The number of ether oxygens (including phenoxy) is 1. The van der Waals surface area contributed by atoms with Gasteiger partial charge < -0.3 is 4.74 Å². The van der Waals surface area contributed by atoms with Gasteiger partial charge in [0.1, 0.15) is 11.6 Å². The number of nitrogens with zero attached hydrogens (tertiary/aromatic N) is 4. The van der Waals surface area contributed by atoms with E-state index in [2.05, 4.69) is 19.9 Å². The van der Waals surface area contributed by atoms with E-state index in [0.717, 1.165) is 11.4 Å². The fraction of sp³-hybridized carbons (Fsp3) is 0.267. The molecule has 0 aliphatic rings. The van der Waals surface area contributed by atoms with Crippen molar-refractivity contribution >= 4 is 5.65 Å². The minimum atomic E-state index is -4.70. The van der Waals surface area contributed by atoms with Gasteiger partial charge in [0, 0.05) is 18.2 Å². The van der Waals surface area contributed by atoms with Gasteiger partial charge >= 0.3 is 6.36 Å². The first-order valence-electron chi connectivity index (χ1n) is 6.94. The molecule has 0 unspecified atom stereocenters. The predicted molar refractivity (Wildman–Crippen MR) is 77.0 cm³/mol. The summed E-state index contributed by atoms with van der Waals surface area (Å²) in [5, 5.41) is 8.06. The van der Waals surface area contributed by atoms with Crippen molar-refractivity contribution in [3.63, 3.8) is 0 Å². The van der Waals surface area contributed by atoms with Crippen molar-refractivity contribution in [3.8, 4) is 17.0 Å². The molecule has 0 atom stereocenters. The molecule has 5 nitrogen and oxygen atoms in total. The van der Waals surface area contributed by atoms with Gasteiger partial charge in [0.2, 0.25) is 0 Å². The van der Waals surface area contributed by atoms with Gasteiger partial charge in [0.05, 0.1) is 11.9 Å². The summed E-state index contributed by atoms with van der Waals surface area (Å²) in [5.41, 5.74) is 2.60. The molecule has 2 aromatic heterocycles. The molecule has 1 aromatic carbocycles. The van der Waals surface area contributed by atoms with E-state index in [0.29, 0.717) is 23.3 Å². The first-order chi connectivity index (χ1) is 10.9. The molecule has 0 amide bonds. The molecule has 0 saturated heterocycles. The van der Waals surface area contributed by atoms with Crippen molar-refractivity contribution in [2.75, 3.05) is 0 Å². The molecule has 0 radical (unpaired) electrons. The second kappa shape index (κ2) is 5.53. The molecule has 0 spiro atoms. The summed E-state index contributed by atoms with van der Waals surface area (Å²) in [5.74, 6) is 0.539. The minimum Gasteiger partial charge on any atom is -0.406 e. The van der Waals surface area contributed by atoms with Crippen LogP contribution in [0.2, 0.25) is 0 Å². The van der Waals surface area contributed by atoms with Gasteiger partial charge in [-0.1, -0.05) is 6.92 Å². The first-order valence-corrected chi connectivity index (χ1v) is 6.94. The monoisotopic (exact) mass is 322 g/mol. The van der Waals surface area contributed by atoms with Crippen molar-refractivity contribution in [3.05, 3.63) is 42.0 Å². The van der Waals surface area contributed by atoms with Crippen molar-refractivity contribution in [1.82, 2.24) is 19.6 Å². The summed E-state index contributed by atoms with van der Waals surface area (Å²) in [6, 6.07) is 4.16. The molecule has 0 aliphatic heterocycles. The molecular formula is C15H13F3N4O. The zero-order valence-corrected chi connectivity index (χ0v) is 12.4. The molecule has 0 fully saturated rings. The van der Waals surface area contributed by atoms with Gasteiger partial charge in [-0.15, -0.1) is 23.4 Å². The number of hydrogen-bond donors (Lipinski definition) is 0. The topological polar surface area (TPSA) is 52.3 Å². The normalized spacial score (nSPS) is 11.9. The average molecular weight is 322 g/mol. The highest BCUT2D eigenvalue weighted by molar-refractivity contribution is 5.65. The van der Waals surface area contributed by atoms with E-state index in [1.54, 1.807) is 25.4 Å². The fourth-order valence-electron chi connectivity index (χ4n) is 2.35. The lowest BCUT2D eigenvalue weighted by Gasteiger charge is -2.11. The van der Waals surface area contributed by atoms with Crippen molar-refractivity contribution in [2.45, 2.75) is 26.6 Å². The highest BCUT2D eigenvalue weighted by atomic mass is 19.4. The molecule has 0 aliphatic carbocycles. The lowest BCUT2D eigenvalue weighted by Crippen LogP contribution is -2.17. The van der Waals surface area contributed by atoms with Crippen LogP contribution in [0.25, 0.3) is 16.9 Å². The Morgan fingerprint density at radius 2 is 2.00 bits per heavy atom. The zero-order valence-electron chi connectivity index (χ0n) is 12.4. The summed E-state index contributed by atoms with van der Waals surface area (Å²) >= 11 is 0. The molecule has 0 bridgehead atoms. The lowest BCUT2D eigenvalue weighted by molar-refractivity contribution is -0.274. The van der Waals surface area contributed by atoms with E-state index in [-0.39, 0.29) is 5.75 Å². The van der Waals surface area contributed by atoms with Gasteiger partial charge in [-0.3, -0.25) is 9.38 Å². The zero-order chi connectivity index (χ0) is 16.6. The van der Waals surface area contributed by atoms with Crippen LogP contribution in [0.4, 0.5) is 13.2 Å². The molecule has 8 heteroatoms. The average Bonchev–Trinajstić information content (AvgIpc) is 2.87. The van der Waals surface area contributed by atoms with Crippen molar-refractivity contribution < 1.29 is 17.9 Å². The summed E-state index contributed by atoms with van der Waals surface area (Å²) < 4.78 is 42.5.